The predicted molar refractivity (Wildman–Crippen MR) is 118 cm³/mol. The number of amides is 1. The number of nitrogens with one attached hydrogen (secondary N) is 1. The van der Waals surface area contributed by atoms with Crippen LogP contribution in [0, 0.1) is 11.3 Å². The number of hydrogen-bond donors (Lipinski definition) is 2. The van der Waals surface area contributed by atoms with E-state index in [1.165, 1.54) is 7.11 Å². The van der Waals surface area contributed by atoms with Crippen molar-refractivity contribution in [1.29, 1.82) is 5.26 Å². The number of morpholine rings is 1. The number of H-pyrrole nitrogens is 1. The van der Waals surface area contributed by atoms with E-state index in [9.17, 15) is 10.1 Å². The van der Waals surface area contributed by atoms with Crippen molar-refractivity contribution < 1.29 is 23.7 Å². The van der Waals surface area contributed by atoms with Crippen LogP contribution in [0.2, 0.25) is 0 Å². The molecule has 1 aromatic carbocycles. The molecule has 1 saturated heterocycles. The number of allylic oxidation sites excluding steroid dienone is 1. The topological polar surface area (TPSA) is 136 Å². The number of para-hydroxylation sites is 1. The molecule has 2 aliphatic rings. The highest BCUT2D eigenvalue weighted by molar-refractivity contribution is 5.74. The van der Waals surface area contributed by atoms with Crippen LogP contribution >= 0.6 is 0 Å². The lowest BCUT2D eigenvalue weighted by atomic mass is 9.78. The van der Waals surface area contributed by atoms with Gasteiger partial charge in [0.2, 0.25) is 11.8 Å². The lowest BCUT2D eigenvalue weighted by Crippen LogP contribution is -2.42. The Morgan fingerprint density at radius 2 is 2.06 bits per heavy atom. The zero-order chi connectivity index (χ0) is 23.8. The Hall–Kier alpha value is -3.71. The molecule has 0 aliphatic carbocycles. The Balaban J connectivity index is 1.87. The molecular weight excluding hydrogens is 426 g/mol. The number of benzene rings is 1. The highest BCUT2D eigenvalue weighted by Crippen LogP contribution is 2.49. The minimum absolute atomic E-state index is 0.0461. The molecule has 0 spiro atoms. The van der Waals surface area contributed by atoms with Gasteiger partial charge in [0.05, 0.1) is 31.8 Å². The van der Waals surface area contributed by atoms with Crippen LogP contribution in [-0.4, -0.2) is 54.6 Å². The maximum Gasteiger partial charge on any atom is 0.415 e. The first-order valence-corrected chi connectivity index (χ1v) is 10.6. The Bertz CT molecular complexity index is 1140. The average molecular weight is 453 g/mol. The van der Waals surface area contributed by atoms with E-state index in [0.717, 1.165) is 5.69 Å². The van der Waals surface area contributed by atoms with Gasteiger partial charge in [0, 0.05) is 29.8 Å². The summed E-state index contributed by atoms with van der Waals surface area (Å²) in [6.45, 7) is 7.81. The third-order valence-electron chi connectivity index (χ3n) is 5.69. The Morgan fingerprint density at radius 3 is 2.70 bits per heavy atom. The summed E-state index contributed by atoms with van der Waals surface area (Å²) in [4.78, 5) is 14.5. The number of nitrogens with zero attached hydrogens (tertiary/aromatic N) is 3. The number of carbonyl (C=O) groups is 1. The molecule has 174 valence electrons. The summed E-state index contributed by atoms with van der Waals surface area (Å²) in [5.41, 5.74) is 7.98. The number of hydrogen-bond acceptors (Lipinski definition) is 8. The quantitative estimate of drug-likeness (QED) is 0.724. The molecule has 1 amide bonds. The van der Waals surface area contributed by atoms with Crippen molar-refractivity contribution in [3.8, 4) is 23.4 Å². The highest BCUT2D eigenvalue weighted by Gasteiger charge is 2.40. The molecule has 2 aliphatic heterocycles. The van der Waals surface area contributed by atoms with Gasteiger partial charge in [-0.3, -0.25) is 5.10 Å². The van der Waals surface area contributed by atoms with E-state index < -0.39 is 12.0 Å². The summed E-state index contributed by atoms with van der Waals surface area (Å²) in [7, 11) is 1.49. The number of methoxy groups -OCH3 is 1. The molecule has 0 bridgehead atoms. The van der Waals surface area contributed by atoms with E-state index in [0.29, 0.717) is 43.2 Å². The maximum atomic E-state index is 13.0. The van der Waals surface area contributed by atoms with E-state index in [2.05, 4.69) is 16.3 Å². The van der Waals surface area contributed by atoms with Gasteiger partial charge in [0.25, 0.3) is 0 Å². The third-order valence-corrected chi connectivity index (χ3v) is 5.69. The van der Waals surface area contributed by atoms with Gasteiger partial charge in [-0.1, -0.05) is 32.9 Å². The van der Waals surface area contributed by atoms with Crippen LogP contribution in [0.1, 0.15) is 43.5 Å². The molecule has 1 unspecified atom stereocenters. The second kappa shape index (κ2) is 8.67. The number of rotatable bonds is 3. The second-order valence-corrected chi connectivity index (χ2v) is 8.84. The smallest absolute Gasteiger partial charge is 0.415 e. The molecule has 0 saturated carbocycles. The largest absolute Gasteiger partial charge is 0.493 e. The minimum atomic E-state index is -0.672. The fraction of sp³-hybridized carbons (Fsp3) is 0.435. The lowest BCUT2D eigenvalue weighted by molar-refractivity contribution is 0.0412. The van der Waals surface area contributed by atoms with E-state index in [1.54, 1.807) is 23.1 Å². The van der Waals surface area contributed by atoms with Gasteiger partial charge in [0.1, 0.15) is 11.6 Å². The molecule has 1 aromatic heterocycles. The SMILES string of the molecule is COc1cccc(C2C(C#N)=C(N)Oc3n[nH]c(C(C)(C)C)c32)c1OC(=O)N1CCOCC1. The van der Waals surface area contributed by atoms with Crippen molar-refractivity contribution in [2.75, 3.05) is 33.4 Å². The van der Waals surface area contributed by atoms with Gasteiger partial charge < -0.3 is 29.6 Å². The second-order valence-electron chi connectivity index (χ2n) is 8.84. The molecule has 33 heavy (non-hydrogen) atoms. The zero-order valence-electron chi connectivity index (χ0n) is 19.1. The van der Waals surface area contributed by atoms with Crippen LogP contribution in [0.3, 0.4) is 0 Å². The summed E-state index contributed by atoms with van der Waals surface area (Å²) in [5, 5.41) is 17.3. The van der Waals surface area contributed by atoms with Gasteiger partial charge in [0.15, 0.2) is 11.5 Å². The number of nitrogens with two attached hydrogens (primary N) is 1. The molecule has 10 heteroatoms. The van der Waals surface area contributed by atoms with E-state index in [-0.39, 0.29) is 28.5 Å². The number of fused-ring (bicyclic) bond motifs is 1. The molecule has 10 nitrogen and oxygen atoms in total. The van der Waals surface area contributed by atoms with Crippen molar-refractivity contribution in [3.63, 3.8) is 0 Å². The summed E-state index contributed by atoms with van der Waals surface area (Å²) in [6.07, 6.45) is -0.518. The van der Waals surface area contributed by atoms with Crippen molar-refractivity contribution in [2.45, 2.75) is 32.1 Å². The molecule has 0 radical (unpaired) electrons. The Morgan fingerprint density at radius 1 is 1.33 bits per heavy atom. The van der Waals surface area contributed by atoms with E-state index in [4.69, 9.17) is 24.7 Å². The molecule has 1 atom stereocenters. The number of nitriles is 1. The highest BCUT2D eigenvalue weighted by atomic mass is 16.6. The summed E-state index contributed by atoms with van der Waals surface area (Å²) >= 11 is 0. The van der Waals surface area contributed by atoms with Gasteiger partial charge in [-0.2, -0.15) is 5.26 Å². The van der Waals surface area contributed by atoms with Crippen LogP contribution < -0.4 is 19.9 Å². The molecule has 1 fully saturated rings. The third kappa shape index (κ3) is 4.07. The first kappa shape index (κ1) is 22.5. The van der Waals surface area contributed by atoms with Gasteiger partial charge in [-0.25, -0.2) is 4.79 Å². The fourth-order valence-electron chi connectivity index (χ4n) is 4.06. The fourth-order valence-corrected chi connectivity index (χ4v) is 4.06. The van der Waals surface area contributed by atoms with Gasteiger partial charge in [-0.05, 0) is 6.07 Å². The number of ether oxygens (including phenoxy) is 4. The lowest BCUT2D eigenvalue weighted by Gasteiger charge is -2.30. The molecule has 2 aromatic rings. The van der Waals surface area contributed by atoms with Gasteiger partial charge >= 0.3 is 6.09 Å². The number of aromatic nitrogens is 2. The van der Waals surface area contributed by atoms with E-state index in [1.807, 2.05) is 20.8 Å². The first-order chi connectivity index (χ1) is 15.8. The maximum absolute atomic E-state index is 13.0. The van der Waals surface area contributed by atoms with Crippen LogP contribution in [0.4, 0.5) is 4.79 Å². The number of carbonyl (C=O) groups excluding carboxylic acids is 1. The predicted octanol–water partition coefficient (Wildman–Crippen LogP) is 2.76. The first-order valence-electron chi connectivity index (χ1n) is 10.6. The Labute approximate surface area is 191 Å². The standard InChI is InChI=1S/C23H27N5O5/c1-23(2,3)19-17-16(14(12-24)20(25)33-21(17)27-26-19)13-6-5-7-15(30-4)18(13)32-22(29)28-8-10-31-11-9-28/h5-7,16H,8-11,25H2,1-4H3,(H,26,27). The van der Waals surface area contributed by atoms with Gasteiger partial charge in [-0.15, -0.1) is 5.10 Å². The number of aromatic amines is 1. The molecule has 4 rings (SSSR count). The van der Waals surface area contributed by atoms with Crippen LogP contribution in [0.15, 0.2) is 29.7 Å². The van der Waals surface area contributed by atoms with Crippen LogP contribution in [0.25, 0.3) is 0 Å². The Kier molecular flexibility index (Phi) is 5.91. The summed E-state index contributed by atoms with van der Waals surface area (Å²) < 4.78 is 22.4. The van der Waals surface area contributed by atoms with Crippen molar-refractivity contribution >= 4 is 6.09 Å². The van der Waals surface area contributed by atoms with Crippen molar-refractivity contribution in [2.24, 2.45) is 5.73 Å². The van der Waals surface area contributed by atoms with Crippen LogP contribution in [0.5, 0.6) is 17.4 Å². The molecule has 3 heterocycles. The molecule has 3 N–H and O–H groups in total. The average Bonchev–Trinajstić information content (AvgIpc) is 3.23. The van der Waals surface area contributed by atoms with Crippen molar-refractivity contribution in [3.05, 3.63) is 46.5 Å². The van der Waals surface area contributed by atoms with Crippen LogP contribution in [-0.2, 0) is 10.2 Å². The van der Waals surface area contributed by atoms with Crippen molar-refractivity contribution in [1.82, 2.24) is 15.1 Å². The zero-order valence-corrected chi connectivity index (χ0v) is 19.1. The minimum Gasteiger partial charge on any atom is -0.493 e. The molecular formula is C23H27N5O5. The monoisotopic (exact) mass is 453 g/mol. The summed E-state index contributed by atoms with van der Waals surface area (Å²) in [6, 6.07) is 7.43. The normalized spacial score (nSPS) is 18.3. The summed E-state index contributed by atoms with van der Waals surface area (Å²) in [5.74, 6) is 0.147. The van der Waals surface area contributed by atoms with E-state index >= 15 is 0 Å².